The summed E-state index contributed by atoms with van der Waals surface area (Å²) in [5.41, 5.74) is 0. The third kappa shape index (κ3) is 1.01. The Morgan fingerprint density at radius 3 is 1.86 bits per heavy atom. The maximum atomic E-state index is 8.53. The molecule has 1 N–H and O–H groups in total. The summed E-state index contributed by atoms with van der Waals surface area (Å²) in [4.78, 5) is 7.97. The number of aliphatic hydroxyl groups is 1. The Bertz CT molecular complexity index is 81.0. The third-order valence-electron chi connectivity index (χ3n) is 0.485. The van der Waals surface area contributed by atoms with Crippen molar-refractivity contribution < 1.29 is 14.9 Å². The molecule has 1 saturated heterocycles. The largest absolute Gasteiger partial charge is 0.423 e. The highest BCUT2D eigenvalue weighted by Crippen LogP contribution is 2.32. The fourth-order valence-electron chi connectivity index (χ4n) is 0.104. The van der Waals surface area contributed by atoms with E-state index in [1.165, 1.54) is 0 Å². The van der Waals surface area contributed by atoms with Gasteiger partial charge in [0.15, 0.2) is 0 Å². The van der Waals surface area contributed by atoms with Gasteiger partial charge in [-0.25, -0.2) is 0 Å². The summed E-state index contributed by atoms with van der Waals surface area (Å²) in [6, 6.07) is 0. The molecule has 0 aromatic heterocycles. The van der Waals surface area contributed by atoms with E-state index in [1.807, 2.05) is 0 Å². The first-order chi connectivity index (χ1) is 3.15. The molecule has 1 aliphatic rings. The molecule has 0 aliphatic carbocycles. The van der Waals surface area contributed by atoms with E-state index in [1.54, 1.807) is 0 Å². The van der Waals surface area contributed by atoms with Crippen LogP contribution in [-0.2, 0) is 9.78 Å². The van der Waals surface area contributed by atoms with Gasteiger partial charge in [-0.1, -0.05) is 25.6 Å². The van der Waals surface area contributed by atoms with Crippen molar-refractivity contribution in [3.8, 4) is 0 Å². The molecule has 0 spiro atoms. The van der Waals surface area contributed by atoms with Crippen molar-refractivity contribution in [2.45, 2.75) is 6.10 Å². The molecular formula is CH3NO3S2. The molecular weight excluding hydrogens is 138 g/mol. The monoisotopic (exact) mass is 141 g/mol. The van der Waals surface area contributed by atoms with Gasteiger partial charge in [-0.3, -0.25) is 0 Å². The van der Waals surface area contributed by atoms with Crippen LogP contribution < -0.4 is 0 Å². The maximum Gasteiger partial charge on any atom is 0.423 e. The highest BCUT2D eigenvalue weighted by molar-refractivity contribution is 7.93. The van der Waals surface area contributed by atoms with Crippen LogP contribution in [0.1, 0.15) is 0 Å². The molecule has 42 valence electrons. The van der Waals surface area contributed by atoms with Crippen molar-refractivity contribution in [2.24, 2.45) is 0 Å². The summed E-state index contributed by atoms with van der Waals surface area (Å²) in [6.45, 7) is 0. The van der Waals surface area contributed by atoms with E-state index in [4.69, 9.17) is 5.11 Å². The van der Waals surface area contributed by atoms with Gasteiger partial charge < -0.3 is 5.11 Å². The Morgan fingerprint density at radius 1 is 1.43 bits per heavy atom. The van der Waals surface area contributed by atoms with Crippen LogP contribution in [0.25, 0.3) is 0 Å². The SMILES string of the molecule is OC1(N(S)S)OO1. The van der Waals surface area contributed by atoms with Gasteiger partial charge in [0.05, 0.1) is 0 Å². The normalized spacial score (nSPS) is 25.7. The summed E-state index contributed by atoms with van der Waals surface area (Å²) in [6.07, 6.45) is -1.69. The molecule has 0 atom stereocenters. The van der Waals surface area contributed by atoms with Crippen molar-refractivity contribution in [3.05, 3.63) is 0 Å². The van der Waals surface area contributed by atoms with Crippen LogP contribution in [0.4, 0.5) is 0 Å². The lowest BCUT2D eigenvalue weighted by molar-refractivity contribution is -0.0219. The van der Waals surface area contributed by atoms with Crippen molar-refractivity contribution in [3.63, 3.8) is 0 Å². The first kappa shape index (κ1) is 5.67. The fraction of sp³-hybridized carbons (Fsp3) is 1.00. The predicted octanol–water partition coefficient (Wildman–Crippen LogP) is -0.457. The number of rotatable bonds is 1. The summed E-state index contributed by atoms with van der Waals surface area (Å²) in [5, 5.41) is 8.53. The van der Waals surface area contributed by atoms with Crippen molar-refractivity contribution >= 4 is 25.6 Å². The van der Waals surface area contributed by atoms with Gasteiger partial charge in [-0.05, 0) is 0 Å². The van der Waals surface area contributed by atoms with E-state index in [2.05, 4.69) is 35.4 Å². The molecule has 0 bridgehead atoms. The van der Waals surface area contributed by atoms with Gasteiger partial charge in [-0.2, -0.15) is 0 Å². The van der Waals surface area contributed by atoms with Crippen LogP contribution in [0.5, 0.6) is 0 Å². The van der Waals surface area contributed by atoms with E-state index in [0.29, 0.717) is 0 Å². The minimum absolute atomic E-state index is 0.799. The Kier molecular flexibility index (Phi) is 1.22. The van der Waals surface area contributed by atoms with Crippen LogP contribution in [0.2, 0.25) is 0 Å². The minimum Gasteiger partial charge on any atom is -0.325 e. The van der Waals surface area contributed by atoms with E-state index >= 15 is 0 Å². The van der Waals surface area contributed by atoms with Gasteiger partial charge in [0, 0.05) is 0 Å². The van der Waals surface area contributed by atoms with E-state index in [9.17, 15) is 0 Å². The summed E-state index contributed by atoms with van der Waals surface area (Å²) in [7, 11) is 0. The number of thiol groups is 2. The lowest BCUT2D eigenvalue weighted by Crippen LogP contribution is -2.21. The molecule has 4 nitrogen and oxygen atoms in total. The Morgan fingerprint density at radius 2 is 1.86 bits per heavy atom. The first-order valence-corrected chi connectivity index (χ1v) is 2.22. The van der Waals surface area contributed by atoms with Crippen molar-refractivity contribution in [1.82, 2.24) is 3.71 Å². The smallest absolute Gasteiger partial charge is 0.325 e. The molecule has 6 heteroatoms. The summed E-state index contributed by atoms with van der Waals surface area (Å²) in [5.74, 6) is 0. The number of hydrogen-bond acceptors (Lipinski definition) is 6. The van der Waals surface area contributed by atoms with Crippen molar-refractivity contribution in [1.29, 1.82) is 0 Å². The second-order valence-electron chi connectivity index (χ2n) is 1.00. The zero-order valence-corrected chi connectivity index (χ0v) is 4.89. The standard InChI is InChI=1S/CH3NO3S2/c3-1(2(6)7)4-5-1/h3,6-7H. The molecule has 0 radical (unpaired) electrons. The van der Waals surface area contributed by atoms with Gasteiger partial charge >= 0.3 is 6.10 Å². The zero-order chi connectivity index (χ0) is 5.49. The second kappa shape index (κ2) is 1.51. The Hall–Kier alpha value is 0.540. The molecule has 0 aromatic carbocycles. The molecule has 7 heavy (non-hydrogen) atoms. The summed E-state index contributed by atoms with van der Waals surface area (Å²) >= 11 is 7.08. The topological polar surface area (TPSA) is 48.5 Å². The van der Waals surface area contributed by atoms with Gasteiger partial charge in [0.1, 0.15) is 0 Å². The first-order valence-electron chi connectivity index (χ1n) is 1.42. The molecule has 0 unspecified atom stereocenters. The Balaban J connectivity index is 2.39. The fourth-order valence-corrected chi connectivity index (χ4v) is 0.237. The number of hydrogen-bond donors (Lipinski definition) is 3. The van der Waals surface area contributed by atoms with E-state index in [0.717, 1.165) is 3.71 Å². The maximum absolute atomic E-state index is 8.53. The zero-order valence-electron chi connectivity index (χ0n) is 3.11. The summed E-state index contributed by atoms with van der Waals surface area (Å²) < 4.78 is 0.799. The number of nitrogens with zero attached hydrogens (tertiary/aromatic N) is 1. The molecule has 1 rings (SSSR count). The second-order valence-corrected chi connectivity index (χ2v) is 2.12. The average Bonchev–Trinajstić information content (AvgIpc) is 2.21. The molecule has 1 aliphatic heterocycles. The van der Waals surface area contributed by atoms with Crippen LogP contribution in [0.15, 0.2) is 0 Å². The molecule has 1 fully saturated rings. The van der Waals surface area contributed by atoms with Crippen LogP contribution in [0.3, 0.4) is 0 Å². The highest BCUT2D eigenvalue weighted by Gasteiger charge is 2.52. The van der Waals surface area contributed by atoms with Crippen LogP contribution in [-0.4, -0.2) is 14.9 Å². The highest BCUT2D eigenvalue weighted by atomic mass is 32.2. The molecule has 0 amide bonds. The van der Waals surface area contributed by atoms with Crippen LogP contribution >= 0.6 is 25.6 Å². The average molecular weight is 141 g/mol. The van der Waals surface area contributed by atoms with Gasteiger partial charge in [0.2, 0.25) is 0 Å². The van der Waals surface area contributed by atoms with Gasteiger partial charge in [-0.15, -0.1) is 13.5 Å². The van der Waals surface area contributed by atoms with Crippen LogP contribution in [0, 0.1) is 0 Å². The van der Waals surface area contributed by atoms with Gasteiger partial charge in [0.25, 0.3) is 0 Å². The molecule has 0 aromatic rings. The minimum atomic E-state index is -1.69. The third-order valence-corrected chi connectivity index (χ3v) is 0.991. The van der Waals surface area contributed by atoms with E-state index in [-0.39, 0.29) is 0 Å². The predicted molar refractivity (Wildman–Crippen MR) is 26.9 cm³/mol. The molecule has 1 heterocycles. The molecule has 0 saturated carbocycles. The Labute approximate surface area is 51.0 Å². The quantitative estimate of drug-likeness (QED) is 0.200. The van der Waals surface area contributed by atoms with E-state index < -0.39 is 6.10 Å². The lowest BCUT2D eigenvalue weighted by atomic mass is 11.1. The lowest BCUT2D eigenvalue weighted by Gasteiger charge is -2.01. The van der Waals surface area contributed by atoms with Crippen molar-refractivity contribution in [2.75, 3.05) is 0 Å².